The summed E-state index contributed by atoms with van der Waals surface area (Å²) in [7, 11) is -3.05. The van der Waals surface area contributed by atoms with Gasteiger partial charge < -0.3 is 0 Å². The van der Waals surface area contributed by atoms with Crippen LogP contribution in [0.25, 0.3) is 0 Å². The molecule has 1 rings (SSSR count). The molecule has 11 heavy (non-hydrogen) atoms. The van der Waals surface area contributed by atoms with Crippen LogP contribution in [-0.2, 0) is 10.0 Å². The van der Waals surface area contributed by atoms with Gasteiger partial charge in [-0.25, -0.2) is 13.4 Å². The number of piperidine rings is 1. The molecule has 0 saturated carbocycles. The number of hydrazine groups is 1. The summed E-state index contributed by atoms with van der Waals surface area (Å²) in [4.78, 5) is 2.46. The summed E-state index contributed by atoms with van der Waals surface area (Å²) in [6, 6.07) is 0. The van der Waals surface area contributed by atoms with Gasteiger partial charge in [-0.3, -0.25) is 0 Å². The molecule has 5 heteroatoms. The molecule has 0 bridgehead atoms. The van der Waals surface area contributed by atoms with Crippen molar-refractivity contribution in [3.63, 3.8) is 0 Å². The Morgan fingerprint density at radius 2 is 1.73 bits per heavy atom. The lowest BCUT2D eigenvalue weighted by Gasteiger charge is -2.25. The first-order valence-electron chi connectivity index (χ1n) is 3.80. The molecule has 1 N–H and O–H groups in total. The minimum absolute atomic E-state index is 0.840. The van der Waals surface area contributed by atoms with Crippen molar-refractivity contribution in [2.45, 2.75) is 19.3 Å². The molecule has 0 aliphatic carbocycles. The Balaban J connectivity index is 2.36. The molecule has 1 heterocycles. The lowest BCUT2D eigenvalue weighted by molar-refractivity contribution is 0.200. The SMILES string of the molecule is CS(=O)(=O)NN1CCCCC1. The number of nitrogens with one attached hydrogen (secondary N) is 1. The molecule has 1 saturated heterocycles. The van der Waals surface area contributed by atoms with Crippen LogP contribution in [0.1, 0.15) is 19.3 Å². The van der Waals surface area contributed by atoms with E-state index in [0.29, 0.717) is 0 Å². The van der Waals surface area contributed by atoms with Gasteiger partial charge in [0.2, 0.25) is 10.0 Å². The molecule has 4 nitrogen and oxygen atoms in total. The summed E-state index contributed by atoms with van der Waals surface area (Å²) in [6.45, 7) is 1.68. The van der Waals surface area contributed by atoms with Crippen molar-refractivity contribution >= 4 is 10.0 Å². The van der Waals surface area contributed by atoms with Gasteiger partial charge in [0.1, 0.15) is 0 Å². The lowest BCUT2D eigenvalue weighted by atomic mass is 10.2. The van der Waals surface area contributed by atoms with E-state index in [0.717, 1.165) is 25.9 Å². The average molecular weight is 178 g/mol. The zero-order valence-electron chi connectivity index (χ0n) is 6.71. The third-order valence-electron chi connectivity index (χ3n) is 1.65. The predicted octanol–water partition coefficient (Wildman–Crippen LogP) is -0.0635. The zero-order valence-corrected chi connectivity index (χ0v) is 7.52. The Hall–Kier alpha value is -0.130. The molecule has 0 amide bonds. The molecule has 0 aromatic carbocycles. The quantitative estimate of drug-likeness (QED) is 0.644. The molecule has 0 unspecified atom stereocenters. The fourth-order valence-electron chi connectivity index (χ4n) is 1.22. The number of hydrogen-bond acceptors (Lipinski definition) is 3. The van der Waals surface area contributed by atoms with Gasteiger partial charge in [0, 0.05) is 13.1 Å². The lowest BCUT2D eigenvalue weighted by Crippen LogP contribution is -2.44. The van der Waals surface area contributed by atoms with Gasteiger partial charge >= 0.3 is 0 Å². The fourth-order valence-corrected chi connectivity index (χ4v) is 1.87. The maximum absolute atomic E-state index is 10.7. The highest BCUT2D eigenvalue weighted by Gasteiger charge is 2.12. The molecule has 0 radical (unpaired) electrons. The molecular weight excluding hydrogens is 164 g/mol. The topological polar surface area (TPSA) is 49.4 Å². The second-order valence-electron chi connectivity index (χ2n) is 2.91. The second kappa shape index (κ2) is 3.51. The maximum Gasteiger partial charge on any atom is 0.221 e. The normalized spacial score (nSPS) is 21.9. The van der Waals surface area contributed by atoms with Gasteiger partial charge in [-0.2, -0.15) is 0 Å². The summed E-state index contributed by atoms with van der Waals surface area (Å²) >= 11 is 0. The number of nitrogens with zero attached hydrogens (tertiary/aromatic N) is 1. The molecule has 0 spiro atoms. The van der Waals surface area contributed by atoms with E-state index >= 15 is 0 Å². The largest absolute Gasteiger partial charge is 0.231 e. The first-order chi connectivity index (χ1) is 5.08. The van der Waals surface area contributed by atoms with Crippen LogP contribution in [0.2, 0.25) is 0 Å². The summed E-state index contributed by atoms with van der Waals surface area (Å²) in [6.07, 6.45) is 4.56. The van der Waals surface area contributed by atoms with Gasteiger partial charge in [-0.1, -0.05) is 6.42 Å². The van der Waals surface area contributed by atoms with E-state index in [4.69, 9.17) is 0 Å². The molecular formula is C6H14N2O2S. The average Bonchev–Trinajstić information content (AvgIpc) is 1.85. The van der Waals surface area contributed by atoms with Crippen LogP contribution in [-0.4, -0.2) is 32.8 Å². The Labute approximate surface area is 67.6 Å². The van der Waals surface area contributed by atoms with Crippen molar-refractivity contribution in [1.82, 2.24) is 9.84 Å². The Bertz CT molecular complexity index is 207. The number of rotatable bonds is 2. The predicted molar refractivity (Wildman–Crippen MR) is 43.4 cm³/mol. The van der Waals surface area contributed by atoms with Crippen molar-refractivity contribution in [1.29, 1.82) is 0 Å². The minimum atomic E-state index is -3.05. The molecule has 66 valence electrons. The summed E-state index contributed by atoms with van der Waals surface area (Å²) in [5, 5.41) is 1.76. The van der Waals surface area contributed by atoms with Crippen LogP contribution in [0.3, 0.4) is 0 Å². The molecule has 1 fully saturated rings. The van der Waals surface area contributed by atoms with Crippen molar-refractivity contribution in [2.75, 3.05) is 19.3 Å². The van der Waals surface area contributed by atoms with Gasteiger partial charge in [0.05, 0.1) is 6.26 Å². The molecule has 0 atom stereocenters. The van der Waals surface area contributed by atoms with E-state index in [-0.39, 0.29) is 0 Å². The highest BCUT2D eigenvalue weighted by atomic mass is 32.2. The van der Waals surface area contributed by atoms with Crippen LogP contribution >= 0.6 is 0 Å². The molecule has 0 aromatic rings. The number of hydrogen-bond donors (Lipinski definition) is 1. The van der Waals surface area contributed by atoms with Gasteiger partial charge in [0.25, 0.3) is 0 Å². The Kier molecular flexibility index (Phi) is 2.86. The second-order valence-corrected chi connectivity index (χ2v) is 4.64. The highest BCUT2D eigenvalue weighted by molar-refractivity contribution is 7.88. The monoisotopic (exact) mass is 178 g/mol. The van der Waals surface area contributed by atoms with Crippen molar-refractivity contribution < 1.29 is 8.42 Å². The van der Waals surface area contributed by atoms with Gasteiger partial charge in [0.15, 0.2) is 0 Å². The standard InChI is InChI=1S/C6H14N2O2S/c1-11(9,10)7-8-5-3-2-4-6-8/h7H,2-6H2,1H3. The minimum Gasteiger partial charge on any atom is -0.231 e. The Morgan fingerprint density at radius 3 is 2.18 bits per heavy atom. The molecule has 1 aliphatic rings. The van der Waals surface area contributed by atoms with Crippen LogP contribution in [0.4, 0.5) is 0 Å². The van der Waals surface area contributed by atoms with Crippen LogP contribution in [0, 0.1) is 0 Å². The first-order valence-corrected chi connectivity index (χ1v) is 5.69. The summed E-state index contributed by atoms with van der Waals surface area (Å²) < 4.78 is 21.5. The van der Waals surface area contributed by atoms with E-state index in [1.54, 1.807) is 5.01 Å². The van der Waals surface area contributed by atoms with Gasteiger partial charge in [-0.05, 0) is 12.8 Å². The van der Waals surface area contributed by atoms with Gasteiger partial charge in [-0.15, -0.1) is 4.83 Å². The third-order valence-corrected chi connectivity index (χ3v) is 2.24. The van der Waals surface area contributed by atoms with Crippen molar-refractivity contribution in [3.8, 4) is 0 Å². The summed E-state index contributed by atoms with van der Waals surface area (Å²) in [5.41, 5.74) is 0. The van der Waals surface area contributed by atoms with E-state index in [2.05, 4.69) is 4.83 Å². The van der Waals surface area contributed by atoms with E-state index in [1.165, 1.54) is 12.7 Å². The molecule has 1 aliphatic heterocycles. The summed E-state index contributed by atoms with van der Waals surface area (Å²) in [5.74, 6) is 0. The number of sulfonamides is 1. The maximum atomic E-state index is 10.7. The van der Waals surface area contributed by atoms with E-state index in [9.17, 15) is 8.42 Å². The third kappa shape index (κ3) is 3.69. The Morgan fingerprint density at radius 1 is 1.18 bits per heavy atom. The first kappa shape index (κ1) is 8.96. The van der Waals surface area contributed by atoms with Crippen LogP contribution < -0.4 is 4.83 Å². The van der Waals surface area contributed by atoms with Crippen molar-refractivity contribution in [2.24, 2.45) is 0 Å². The highest BCUT2D eigenvalue weighted by Crippen LogP contribution is 2.05. The fraction of sp³-hybridized carbons (Fsp3) is 1.00. The van der Waals surface area contributed by atoms with Crippen LogP contribution in [0.5, 0.6) is 0 Å². The van der Waals surface area contributed by atoms with Crippen LogP contribution in [0.15, 0.2) is 0 Å². The zero-order chi connectivity index (χ0) is 8.32. The smallest absolute Gasteiger partial charge is 0.221 e. The van der Waals surface area contributed by atoms with E-state index in [1.807, 2.05) is 0 Å². The van der Waals surface area contributed by atoms with E-state index < -0.39 is 10.0 Å². The van der Waals surface area contributed by atoms with Crippen molar-refractivity contribution in [3.05, 3.63) is 0 Å². The molecule has 0 aromatic heterocycles.